The molecule has 2 atom stereocenters. The summed E-state index contributed by atoms with van der Waals surface area (Å²) in [5.41, 5.74) is -1.67. The average molecular weight is 283 g/mol. The number of nitrogens with one attached hydrogen (secondary N) is 1. The lowest BCUT2D eigenvalue weighted by molar-refractivity contribution is -0.128. The molecule has 7 heteroatoms. The molecule has 3 rings (SSSR count). The van der Waals surface area contributed by atoms with E-state index in [-0.39, 0.29) is 12.1 Å². The zero-order chi connectivity index (χ0) is 14.2. The molecule has 1 aliphatic heterocycles. The summed E-state index contributed by atoms with van der Waals surface area (Å²) < 4.78 is 26.5. The van der Waals surface area contributed by atoms with E-state index in [0.717, 1.165) is 6.54 Å². The summed E-state index contributed by atoms with van der Waals surface area (Å²) in [4.78, 5) is 11.7. The molecule has 2 aliphatic rings. The predicted molar refractivity (Wildman–Crippen MR) is 68.1 cm³/mol. The Balaban J connectivity index is 1.59. The van der Waals surface area contributed by atoms with Crippen LogP contribution in [0.5, 0.6) is 5.75 Å². The lowest BCUT2D eigenvalue weighted by Crippen LogP contribution is -2.48. The van der Waals surface area contributed by atoms with Gasteiger partial charge in [-0.3, -0.25) is 9.48 Å². The van der Waals surface area contributed by atoms with Crippen molar-refractivity contribution in [2.24, 2.45) is 0 Å². The molecule has 20 heavy (non-hydrogen) atoms. The van der Waals surface area contributed by atoms with Crippen molar-refractivity contribution in [3.63, 3.8) is 0 Å². The Morgan fingerprint density at radius 1 is 1.65 bits per heavy atom. The van der Waals surface area contributed by atoms with Crippen LogP contribution in [-0.4, -0.2) is 46.7 Å². The number of amides is 1. The first kappa shape index (κ1) is 13.4. The second-order valence-electron chi connectivity index (χ2n) is 5.27. The molecule has 1 N–H and O–H groups in total. The zero-order valence-electron chi connectivity index (χ0n) is 11.3. The average Bonchev–Trinajstić information content (AvgIpc) is 2.88. The van der Waals surface area contributed by atoms with Crippen LogP contribution in [0.1, 0.15) is 19.8 Å². The third-order valence-electron chi connectivity index (χ3n) is 3.66. The lowest BCUT2D eigenvalue weighted by Gasteiger charge is -2.20. The van der Waals surface area contributed by atoms with Crippen LogP contribution in [0.4, 0.5) is 4.39 Å². The molecule has 0 spiro atoms. The summed E-state index contributed by atoms with van der Waals surface area (Å²) in [6.45, 7) is 3.46. The monoisotopic (exact) mass is 283 g/mol. The van der Waals surface area contributed by atoms with Gasteiger partial charge >= 0.3 is 0 Å². The molecule has 1 aromatic rings. The van der Waals surface area contributed by atoms with Crippen LogP contribution in [0.2, 0.25) is 0 Å². The van der Waals surface area contributed by atoms with Gasteiger partial charge in [0.1, 0.15) is 6.10 Å². The summed E-state index contributed by atoms with van der Waals surface area (Å²) in [5.74, 6) is 0.0776. The molecule has 2 heterocycles. The van der Waals surface area contributed by atoms with E-state index in [1.165, 1.54) is 0 Å². The number of nitrogens with zero attached hydrogens (tertiary/aromatic N) is 2. The van der Waals surface area contributed by atoms with Crippen LogP contribution in [-0.2, 0) is 16.1 Å². The maximum atomic E-state index is 13.6. The van der Waals surface area contributed by atoms with Crippen LogP contribution < -0.4 is 10.1 Å². The fourth-order valence-electron chi connectivity index (χ4n) is 2.17. The third kappa shape index (κ3) is 2.63. The molecule has 1 saturated heterocycles. The highest BCUT2D eigenvalue weighted by Gasteiger charge is 2.52. The number of alkyl halides is 1. The van der Waals surface area contributed by atoms with Gasteiger partial charge in [-0.2, -0.15) is 5.10 Å². The van der Waals surface area contributed by atoms with E-state index in [1.54, 1.807) is 17.1 Å². The second kappa shape index (κ2) is 5.05. The smallest absolute Gasteiger partial charge is 0.258 e. The highest BCUT2D eigenvalue weighted by molar-refractivity contribution is 5.88. The number of hydrogen-bond acceptors (Lipinski definition) is 4. The molecular weight excluding hydrogens is 265 g/mol. The Morgan fingerprint density at radius 2 is 2.45 bits per heavy atom. The number of halogens is 1. The van der Waals surface area contributed by atoms with Gasteiger partial charge < -0.3 is 14.8 Å². The van der Waals surface area contributed by atoms with Crippen LogP contribution >= 0.6 is 0 Å². The first-order valence-corrected chi connectivity index (χ1v) is 6.87. The number of carbonyl (C=O) groups is 1. The molecule has 1 saturated carbocycles. The van der Waals surface area contributed by atoms with Crippen LogP contribution in [0.25, 0.3) is 0 Å². The van der Waals surface area contributed by atoms with E-state index in [0.29, 0.717) is 31.8 Å². The summed E-state index contributed by atoms with van der Waals surface area (Å²) in [5, 5.41) is 6.80. The van der Waals surface area contributed by atoms with Crippen molar-refractivity contribution in [2.45, 2.75) is 44.1 Å². The summed E-state index contributed by atoms with van der Waals surface area (Å²) in [6.07, 6.45) is 3.71. The number of carbonyl (C=O) groups excluding carboxylic acids is 1. The topological polar surface area (TPSA) is 65.4 Å². The fraction of sp³-hybridized carbons (Fsp3) is 0.692. The van der Waals surface area contributed by atoms with Gasteiger partial charge in [-0.25, -0.2) is 4.39 Å². The van der Waals surface area contributed by atoms with Crippen molar-refractivity contribution in [3.05, 3.63) is 12.4 Å². The molecule has 110 valence electrons. The third-order valence-corrected chi connectivity index (χ3v) is 3.66. The standard InChI is InChI=1S/C13H18FN3O3/c1-2-17-6-9(5-15-17)20-11-8-19-7-10(11)16-12(18)13(14)3-4-13/h5-6,10-11H,2-4,7-8H2,1H3,(H,16,18)/t10-,11+/m0/s1. The minimum absolute atomic E-state index is 0.307. The van der Waals surface area contributed by atoms with Crippen LogP contribution in [0.15, 0.2) is 12.4 Å². The lowest BCUT2D eigenvalue weighted by atomic mass is 10.2. The van der Waals surface area contributed by atoms with E-state index >= 15 is 0 Å². The number of aromatic nitrogens is 2. The summed E-state index contributed by atoms with van der Waals surface area (Å²) in [7, 11) is 0. The number of aryl methyl sites for hydroxylation is 1. The number of ether oxygens (including phenoxy) is 2. The van der Waals surface area contributed by atoms with Gasteiger partial charge in [-0.05, 0) is 19.8 Å². The van der Waals surface area contributed by atoms with Crippen molar-refractivity contribution < 1.29 is 18.7 Å². The Hall–Kier alpha value is -1.63. The van der Waals surface area contributed by atoms with Gasteiger partial charge in [0.25, 0.3) is 5.91 Å². The minimum atomic E-state index is -1.67. The minimum Gasteiger partial charge on any atom is -0.482 e. The van der Waals surface area contributed by atoms with Gasteiger partial charge in [-0.15, -0.1) is 0 Å². The Labute approximate surface area is 116 Å². The van der Waals surface area contributed by atoms with Crippen LogP contribution in [0.3, 0.4) is 0 Å². The summed E-state index contributed by atoms with van der Waals surface area (Å²) in [6, 6.07) is -0.319. The molecule has 1 amide bonds. The quantitative estimate of drug-likeness (QED) is 0.862. The van der Waals surface area contributed by atoms with Crippen molar-refractivity contribution in [1.82, 2.24) is 15.1 Å². The molecule has 1 aliphatic carbocycles. The number of hydrogen-bond donors (Lipinski definition) is 1. The van der Waals surface area contributed by atoms with E-state index in [9.17, 15) is 9.18 Å². The highest BCUT2D eigenvalue weighted by Crippen LogP contribution is 2.40. The molecule has 0 radical (unpaired) electrons. The van der Waals surface area contributed by atoms with Gasteiger partial charge in [0, 0.05) is 6.54 Å². The van der Waals surface area contributed by atoms with Gasteiger partial charge in [0.05, 0.1) is 31.6 Å². The normalized spacial score (nSPS) is 27.3. The van der Waals surface area contributed by atoms with E-state index < -0.39 is 11.6 Å². The highest BCUT2D eigenvalue weighted by atomic mass is 19.1. The Kier molecular flexibility index (Phi) is 3.37. The molecule has 6 nitrogen and oxygen atoms in total. The predicted octanol–water partition coefficient (Wildman–Crippen LogP) is 0.667. The summed E-state index contributed by atoms with van der Waals surface area (Å²) >= 11 is 0. The Morgan fingerprint density at radius 3 is 3.10 bits per heavy atom. The Bertz CT molecular complexity index is 501. The number of rotatable bonds is 5. The van der Waals surface area contributed by atoms with Crippen molar-refractivity contribution >= 4 is 5.91 Å². The SMILES string of the molecule is CCn1cc(O[C@@H]2COC[C@@H]2NC(=O)C2(F)CC2)cn1. The van der Waals surface area contributed by atoms with Crippen molar-refractivity contribution in [2.75, 3.05) is 13.2 Å². The van der Waals surface area contributed by atoms with Gasteiger partial charge in [0.15, 0.2) is 11.4 Å². The molecular formula is C13H18FN3O3. The maximum absolute atomic E-state index is 13.6. The van der Waals surface area contributed by atoms with E-state index in [1.807, 2.05) is 6.92 Å². The van der Waals surface area contributed by atoms with Crippen molar-refractivity contribution in [1.29, 1.82) is 0 Å². The molecule has 1 aromatic heterocycles. The molecule has 2 fully saturated rings. The van der Waals surface area contributed by atoms with Crippen molar-refractivity contribution in [3.8, 4) is 5.75 Å². The van der Waals surface area contributed by atoms with E-state index in [2.05, 4.69) is 10.4 Å². The fourth-order valence-corrected chi connectivity index (χ4v) is 2.17. The largest absolute Gasteiger partial charge is 0.482 e. The first-order valence-electron chi connectivity index (χ1n) is 6.87. The molecule has 0 unspecified atom stereocenters. The maximum Gasteiger partial charge on any atom is 0.258 e. The molecule has 0 aromatic carbocycles. The molecule has 0 bridgehead atoms. The van der Waals surface area contributed by atoms with E-state index in [4.69, 9.17) is 9.47 Å². The second-order valence-corrected chi connectivity index (χ2v) is 5.27. The van der Waals surface area contributed by atoms with Gasteiger partial charge in [0.2, 0.25) is 0 Å². The zero-order valence-corrected chi connectivity index (χ0v) is 11.3. The van der Waals surface area contributed by atoms with Crippen LogP contribution in [0, 0.1) is 0 Å². The first-order chi connectivity index (χ1) is 9.60. The van der Waals surface area contributed by atoms with Gasteiger partial charge in [-0.1, -0.05) is 0 Å².